The van der Waals surface area contributed by atoms with Crippen molar-refractivity contribution < 1.29 is 23.5 Å². The topological polar surface area (TPSA) is 94.8 Å². The minimum absolute atomic E-state index is 0.0586. The minimum Gasteiger partial charge on any atom is -0.482 e. The molecule has 7 heteroatoms. The monoisotopic (exact) mass is 437 g/mol. The van der Waals surface area contributed by atoms with Crippen LogP contribution in [0.5, 0.6) is 11.5 Å². The van der Waals surface area contributed by atoms with Gasteiger partial charge in [-0.05, 0) is 48.7 Å². The number of rotatable bonds is 10. The second kappa shape index (κ2) is 11.1. The third-order valence-corrected chi connectivity index (χ3v) is 4.82. The molecule has 0 fully saturated rings. The van der Waals surface area contributed by atoms with Crippen LogP contribution >= 0.6 is 0 Å². The van der Waals surface area contributed by atoms with Crippen LogP contribution in [0, 0.1) is 0 Å². The fraction of sp³-hybridized carbons (Fsp3) is 0.320. The Morgan fingerprint density at radius 2 is 1.72 bits per heavy atom. The van der Waals surface area contributed by atoms with Crippen LogP contribution in [0.2, 0.25) is 0 Å². The summed E-state index contributed by atoms with van der Waals surface area (Å²) in [5.41, 5.74) is 0.626. The van der Waals surface area contributed by atoms with E-state index in [2.05, 4.69) is 12.2 Å². The predicted octanol–water partition coefficient (Wildman–Crippen LogP) is 4.26. The van der Waals surface area contributed by atoms with Crippen LogP contribution in [0.1, 0.15) is 49.0 Å². The fourth-order valence-electron chi connectivity index (χ4n) is 3.13. The molecule has 0 radical (unpaired) electrons. The van der Waals surface area contributed by atoms with Gasteiger partial charge in [-0.2, -0.15) is 0 Å². The highest BCUT2D eigenvalue weighted by Gasteiger charge is 2.14. The number of fused-ring (bicyclic) bond motifs is 1. The summed E-state index contributed by atoms with van der Waals surface area (Å²) in [4.78, 5) is 36.5. The molecule has 1 heterocycles. The molecule has 0 bridgehead atoms. The first-order chi connectivity index (χ1) is 15.5. The second-order valence-electron chi connectivity index (χ2n) is 7.41. The van der Waals surface area contributed by atoms with Gasteiger partial charge in [0.2, 0.25) is 0 Å². The Labute approximate surface area is 186 Å². The lowest BCUT2D eigenvalue weighted by atomic mass is 10.1. The van der Waals surface area contributed by atoms with Crippen LogP contribution in [0.3, 0.4) is 0 Å². The maximum Gasteiger partial charge on any atom is 0.349 e. The molecule has 1 amide bonds. The second-order valence-corrected chi connectivity index (χ2v) is 7.41. The molecule has 0 aliphatic carbocycles. The Bertz CT molecular complexity index is 1130. The summed E-state index contributed by atoms with van der Waals surface area (Å²) in [5, 5.41) is 3.25. The SMILES string of the molecule is CCCCNC(=O)c1cc2ccc(OC(=O)COc3ccc(CCC)cc3)cc2oc1=O. The van der Waals surface area contributed by atoms with Crippen molar-refractivity contribution >= 4 is 22.8 Å². The molecule has 2 aromatic carbocycles. The first-order valence-electron chi connectivity index (χ1n) is 10.8. The van der Waals surface area contributed by atoms with Crippen molar-refractivity contribution in [1.29, 1.82) is 0 Å². The molecule has 0 spiro atoms. The Morgan fingerprint density at radius 3 is 2.44 bits per heavy atom. The molecule has 0 saturated heterocycles. The number of nitrogens with one attached hydrogen (secondary N) is 1. The van der Waals surface area contributed by atoms with Crippen molar-refractivity contribution in [3.8, 4) is 11.5 Å². The lowest BCUT2D eigenvalue weighted by molar-refractivity contribution is -0.136. The van der Waals surface area contributed by atoms with Crippen LogP contribution < -0.4 is 20.4 Å². The summed E-state index contributed by atoms with van der Waals surface area (Å²) in [7, 11) is 0. The van der Waals surface area contributed by atoms with Gasteiger partial charge in [0, 0.05) is 18.0 Å². The molecule has 0 aliphatic heterocycles. The number of hydrogen-bond donors (Lipinski definition) is 1. The molecular formula is C25H27NO6. The van der Waals surface area contributed by atoms with Crippen LogP contribution in [0.4, 0.5) is 0 Å². The number of aryl methyl sites for hydroxylation is 1. The molecule has 1 N–H and O–H groups in total. The molecule has 32 heavy (non-hydrogen) atoms. The summed E-state index contributed by atoms with van der Waals surface area (Å²) in [6, 6.07) is 13.7. The fourth-order valence-corrected chi connectivity index (χ4v) is 3.13. The Balaban J connectivity index is 1.62. The molecule has 168 valence electrons. The van der Waals surface area contributed by atoms with Gasteiger partial charge in [-0.1, -0.05) is 38.8 Å². The zero-order valence-electron chi connectivity index (χ0n) is 18.3. The summed E-state index contributed by atoms with van der Waals surface area (Å²) >= 11 is 0. The summed E-state index contributed by atoms with van der Waals surface area (Å²) in [5.74, 6) is -0.260. The first kappa shape index (κ1) is 23.1. The van der Waals surface area contributed by atoms with E-state index in [9.17, 15) is 14.4 Å². The molecule has 0 saturated carbocycles. The smallest absolute Gasteiger partial charge is 0.349 e. The lowest BCUT2D eigenvalue weighted by Gasteiger charge is -2.08. The average molecular weight is 437 g/mol. The molecule has 3 rings (SSSR count). The van der Waals surface area contributed by atoms with E-state index in [4.69, 9.17) is 13.9 Å². The number of unbranched alkanes of at least 4 members (excludes halogenated alkanes) is 1. The minimum atomic E-state index is -0.746. The number of esters is 1. The van der Waals surface area contributed by atoms with E-state index >= 15 is 0 Å². The molecule has 7 nitrogen and oxygen atoms in total. The van der Waals surface area contributed by atoms with Crippen molar-refractivity contribution in [1.82, 2.24) is 5.32 Å². The van der Waals surface area contributed by atoms with E-state index < -0.39 is 17.5 Å². The number of hydrogen-bond acceptors (Lipinski definition) is 6. The Morgan fingerprint density at radius 1 is 0.969 bits per heavy atom. The maximum atomic E-state index is 12.2. The van der Waals surface area contributed by atoms with Crippen LogP contribution in [-0.2, 0) is 11.2 Å². The van der Waals surface area contributed by atoms with Gasteiger partial charge in [0.05, 0.1) is 0 Å². The molecule has 3 aromatic rings. The highest BCUT2D eigenvalue weighted by Crippen LogP contribution is 2.21. The van der Waals surface area contributed by atoms with Gasteiger partial charge in [-0.25, -0.2) is 9.59 Å². The van der Waals surface area contributed by atoms with Gasteiger partial charge in [0.15, 0.2) is 6.61 Å². The van der Waals surface area contributed by atoms with Crippen LogP contribution in [0.15, 0.2) is 57.7 Å². The van der Waals surface area contributed by atoms with E-state index in [0.717, 1.165) is 25.7 Å². The van der Waals surface area contributed by atoms with E-state index in [-0.39, 0.29) is 23.5 Å². The van der Waals surface area contributed by atoms with Crippen molar-refractivity contribution in [3.63, 3.8) is 0 Å². The Kier molecular flexibility index (Phi) is 8.02. The van der Waals surface area contributed by atoms with Gasteiger partial charge >= 0.3 is 11.6 Å². The van der Waals surface area contributed by atoms with Gasteiger partial charge in [-0.15, -0.1) is 0 Å². The van der Waals surface area contributed by atoms with Gasteiger partial charge in [-0.3, -0.25) is 4.79 Å². The number of carbonyl (C=O) groups excluding carboxylic acids is 2. The van der Waals surface area contributed by atoms with E-state index in [0.29, 0.717) is 17.7 Å². The lowest BCUT2D eigenvalue weighted by Crippen LogP contribution is -2.28. The third kappa shape index (κ3) is 6.20. The largest absolute Gasteiger partial charge is 0.482 e. The third-order valence-electron chi connectivity index (χ3n) is 4.82. The van der Waals surface area contributed by atoms with E-state index in [1.54, 1.807) is 12.1 Å². The van der Waals surface area contributed by atoms with Gasteiger partial charge in [0.1, 0.15) is 22.6 Å². The number of carbonyl (C=O) groups is 2. The number of benzene rings is 2. The molecule has 0 atom stereocenters. The highest BCUT2D eigenvalue weighted by atomic mass is 16.6. The Hall–Kier alpha value is -3.61. The average Bonchev–Trinajstić information content (AvgIpc) is 2.78. The standard InChI is InChI=1S/C25H27NO6/c1-3-5-13-26-24(28)21-14-18-9-12-20(15-22(18)32-25(21)29)31-23(27)16-30-19-10-7-17(6-4-2)8-11-19/h7-12,14-15H,3-6,13,16H2,1-2H3,(H,26,28). The van der Waals surface area contributed by atoms with E-state index in [1.807, 2.05) is 31.2 Å². The normalized spacial score (nSPS) is 10.7. The number of amides is 1. The molecule has 0 unspecified atom stereocenters. The van der Waals surface area contributed by atoms with Crippen molar-refractivity contribution in [2.45, 2.75) is 39.5 Å². The quantitative estimate of drug-likeness (QED) is 0.220. The van der Waals surface area contributed by atoms with Gasteiger partial charge < -0.3 is 19.2 Å². The molecular weight excluding hydrogens is 410 g/mol. The highest BCUT2D eigenvalue weighted by molar-refractivity contribution is 5.96. The van der Waals surface area contributed by atoms with E-state index in [1.165, 1.54) is 17.7 Å². The predicted molar refractivity (Wildman–Crippen MR) is 121 cm³/mol. The van der Waals surface area contributed by atoms with Gasteiger partial charge in [0.25, 0.3) is 5.91 Å². The molecule has 0 aliphatic rings. The van der Waals surface area contributed by atoms with Crippen LogP contribution in [0.25, 0.3) is 11.0 Å². The zero-order chi connectivity index (χ0) is 22.9. The van der Waals surface area contributed by atoms with Crippen molar-refractivity contribution in [2.24, 2.45) is 0 Å². The van der Waals surface area contributed by atoms with Crippen LogP contribution in [-0.4, -0.2) is 25.0 Å². The van der Waals surface area contributed by atoms with Crippen molar-refractivity contribution in [3.05, 3.63) is 70.1 Å². The summed E-state index contributed by atoms with van der Waals surface area (Å²) < 4.78 is 16.0. The summed E-state index contributed by atoms with van der Waals surface area (Å²) in [6.07, 6.45) is 3.81. The zero-order valence-corrected chi connectivity index (χ0v) is 18.3. The van der Waals surface area contributed by atoms with Crippen molar-refractivity contribution in [2.75, 3.05) is 13.2 Å². The maximum absolute atomic E-state index is 12.2. The molecule has 1 aromatic heterocycles. The summed E-state index contributed by atoms with van der Waals surface area (Å²) in [6.45, 7) is 4.36. The number of ether oxygens (including phenoxy) is 2. The first-order valence-corrected chi connectivity index (χ1v) is 10.8.